The molecule has 0 aromatic heterocycles. The first-order valence-corrected chi connectivity index (χ1v) is 5.63. The van der Waals surface area contributed by atoms with Gasteiger partial charge in [-0.05, 0) is 40.8 Å². The standard InChI is InChI=1S/C10H4F3IN4O/c11-10(12,13)19-9-3-6(14)1-2-8(9)18-17-7(4-15)5-16/h1-3,18H. The molecule has 0 fully saturated rings. The topological polar surface area (TPSA) is 81.2 Å². The monoisotopic (exact) mass is 380 g/mol. The first-order valence-electron chi connectivity index (χ1n) is 4.55. The normalized spacial score (nSPS) is 10.0. The number of hydrazone groups is 1. The fourth-order valence-electron chi connectivity index (χ4n) is 0.989. The van der Waals surface area contributed by atoms with Gasteiger partial charge in [-0.25, -0.2) is 0 Å². The summed E-state index contributed by atoms with van der Waals surface area (Å²) in [6.07, 6.45) is -4.85. The molecule has 0 amide bonds. The van der Waals surface area contributed by atoms with Gasteiger partial charge in [0.1, 0.15) is 12.1 Å². The SMILES string of the molecule is N#CC(C#N)=NNc1ccc(I)cc1OC(F)(F)F. The minimum absolute atomic E-state index is 0.110. The molecule has 1 rings (SSSR count). The maximum absolute atomic E-state index is 12.2. The molecule has 0 aliphatic heterocycles. The van der Waals surface area contributed by atoms with Crippen molar-refractivity contribution in [1.82, 2.24) is 0 Å². The van der Waals surface area contributed by atoms with E-state index < -0.39 is 17.8 Å². The Hall–Kier alpha value is -2.01. The van der Waals surface area contributed by atoms with Crippen LogP contribution in [0.4, 0.5) is 18.9 Å². The molecule has 0 atom stereocenters. The Morgan fingerprint density at radius 3 is 2.47 bits per heavy atom. The molecule has 1 aromatic rings. The summed E-state index contributed by atoms with van der Waals surface area (Å²) >= 11 is 1.81. The molecular formula is C10H4F3IN4O. The molecule has 1 N–H and O–H groups in total. The fraction of sp³-hybridized carbons (Fsp3) is 0.100. The fourth-order valence-corrected chi connectivity index (χ4v) is 1.45. The lowest BCUT2D eigenvalue weighted by Crippen LogP contribution is -2.18. The van der Waals surface area contributed by atoms with Gasteiger partial charge in [0.15, 0.2) is 5.75 Å². The summed E-state index contributed by atoms with van der Waals surface area (Å²) in [5, 5.41) is 20.2. The van der Waals surface area contributed by atoms with Gasteiger partial charge in [-0.2, -0.15) is 15.6 Å². The van der Waals surface area contributed by atoms with Gasteiger partial charge in [-0.3, -0.25) is 5.43 Å². The number of rotatable bonds is 3. The Morgan fingerprint density at radius 1 is 1.32 bits per heavy atom. The molecule has 0 saturated heterocycles. The number of ether oxygens (including phenoxy) is 1. The van der Waals surface area contributed by atoms with Gasteiger partial charge in [-0.1, -0.05) is 0 Å². The summed E-state index contributed by atoms with van der Waals surface area (Å²) in [5.41, 5.74) is 1.55. The zero-order valence-electron chi connectivity index (χ0n) is 8.99. The molecule has 0 aliphatic carbocycles. The lowest BCUT2D eigenvalue weighted by atomic mass is 10.3. The van der Waals surface area contributed by atoms with Crippen LogP contribution in [-0.2, 0) is 0 Å². The van der Waals surface area contributed by atoms with Crippen LogP contribution in [0.15, 0.2) is 23.3 Å². The number of alkyl halides is 3. The number of benzene rings is 1. The van der Waals surface area contributed by atoms with Crippen LogP contribution in [0.1, 0.15) is 0 Å². The van der Waals surface area contributed by atoms with Crippen molar-refractivity contribution in [2.45, 2.75) is 6.36 Å². The summed E-state index contributed by atoms with van der Waals surface area (Å²) in [4.78, 5) is 0. The molecular weight excluding hydrogens is 376 g/mol. The first-order chi connectivity index (χ1) is 8.85. The van der Waals surface area contributed by atoms with Crippen molar-refractivity contribution >= 4 is 34.0 Å². The van der Waals surface area contributed by atoms with Crippen LogP contribution in [-0.4, -0.2) is 12.1 Å². The van der Waals surface area contributed by atoms with Crippen molar-refractivity contribution in [3.8, 4) is 17.9 Å². The molecule has 19 heavy (non-hydrogen) atoms. The van der Waals surface area contributed by atoms with E-state index >= 15 is 0 Å². The Balaban J connectivity index is 3.05. The summed E-state index contributed by atoms with van der Waals surface area (Å²) in [6.45, 7) is 0. The van der Waals surface area contributed by atoms with Crippen LogP contribution in [0.25, 0.3) is 0 Å². The number of halogens is 4. The highest BCUT2D eigenvalue weighted by molar-refractivity contribution is 14.1. The smallest absolute Gasteiger partial charge is 0.403 e. The molecule has 0 heterocycles. The maximum atomic E-state index is 12.2. The predicted molar refractivity (Wildman–Crippen MR) is 68.1 cm³/mol. The Kier molecular flexibility index (Phi) is 4.94. The molecule has 0 bridgehead atoms. The second kappa shape index (κ2) is 6.24. The minimum Gasteiger partial charge on any atom is -0.403 e. The van der Waals surface area contributed by atoms with E-state index in [2.05, 4.69) is 15.3 Å². The molecule has 0 aliphatic rings. The molecule has 0 unspecified atom stereocenters. The van der Waals surface area contributed by atoms with E-state index in [1.165, 1.54) is 24.3 Å². The van der Waals surface area contributed by atoms with Crippen molar-refractivity contribution in [2.75, 3.05) is 5.43 Å². The largest absolute Gasteiger partial charge is 0.573 e. The minimum atomic E-state index is -4.85. The van der Waals surface area contributed by atoms with Gasteiger partial charge < -0.3 is 4.74 Å². The van der Waals surface area contributed by atoms with Crippen molar-refractivity contribution in [1.29, 1.82) is 10.5 Å². The van der Waals surface area contributed by atoms with Crippen LogP contribution in [0.5, 0.6) is 5.75 Å². The van der Waals surface area contributed by atoms with Crippen molar-refractivity contribution in [3.63, 3.8) is 0 Å². The third-order valence-corrected chi connectivity index (χ3v) is 2.34. The lowest BCUT2D eigenvalue weighted by Gasteiger charge is -2.12. The second-order valence-corrected chi connectivity index (χ2v) is 4.23. The third kappa shape index (κ3) is 5.01. The predicted octanol–water partition coefficient (Wildman–Crippen LogP) is 3.00. The quantitative estimate of drug-likeness (QED) is 0.497. The zero-order chi connectivity index (χ0) is 14.5. The van der Waals surface area contributed by atoms with Gasteiger partial charge in [-0.15, -0.1) is 13.2 Å². The maximum Gasteiger partial charge on any atom is 0.573 e. The third-order valence-electron chi connectivity index (χ3n) is 1.67. The van der Waals surface area contributed by atoms with Crippen LogP contribution >= 0.6 is 22.6 Å². The van der Waals surface area contributed by atoms with Crippen LogP contribution < -0.4 is 10.2 Å². The summed E-state index contributed by atoms with van der Waals surface area (Å²) < 4.78 is 40.9. The molecule has 0 saturated carbocycles. The number of nitrogens with zero attached hydrogens (tertiary/aromatic N) is 3. The van der Waals surface area contributed by atoms with Gasteiger partial charge in [0.25, 0.3) is 0 Å². The van der Waals surface area contributed by atoms with Crippen LogP contribution in [0, 0.1) is 26.2 Å². The van der Waals surface area contributed by atoms with Crippen LogP contribution in [0.3, 0.4) is 0 Å². The Bertz CT molecular complexity index is 570. The van der Waals surface area contributed by atoms with Gasteiger partial charge in [0.2, 0.25) is 5.71 Å². The average molecular weight is 380 g/mol. The summed E-state index contributed by atoms with van der Waals surface area (Å²) in [7, 11) is 0. The van der Waals surface area contributed by atoms with E-state index in [1.54, 1.807) is 0 Å². The number of anilines is 1. The molecule has 0 radical (unpaired) electrons. The van der Waals surface area contributed by atoms with E-state index in [0.29, 0.717) is 3.57 Å². The highest BCUT2D eigenvalue weighted by Crippen LogP contribution is 2.31. The second-order valence-electron chi connectivity index (χ2n) is 2.98. The van der Waals surface area contributed by atoms with E-state index in [-0.39, 0.29) is 5.69 Å². The lowest BCUT2D eigenvalue weighted by molar-refractivity contribution is -0.274. The average Bonchev–Trinajstić information content (AvgIpc) is 2.30. The highest BCUT2D eigenvalue weighted by Gasteiger charge is 2.32. The summed E-state index contributed by atoms with van der Waals surface area (Å²) in [6, 6.07) is 6.87. The molecule has 5 nitrogen and oxygen atoms in total. The van der Waals surface area contributed by atoms with E-state index in [1.807, 2.05) is 22.6 Å². The van der Waals surface area contributed by atoms with Gasteiger partial charge in [0, 0.05) is 3.57 Å². The van der Waals surface area contributed by atoms with Crippen molar-refractivity contribution in [3.05, 3.63) is 21.8 Å². The van der Waals surface area contributed by atoms with E-state index in [9.17, 15) is 13.2 Å². The molecule has 98 valence electrons. The highest BCUT2D eigenvalue weighted by atomic mass is 127. The summed E-state index contributed by atoms with van der Waals surface area (Å²) in [5.74, 6) is -0.502. The van der Waals surface area contributed by atoms with Crippen molar-refractivity contribution in [2.24, 2.45) is 5.10 Å². The van der Waals surface area contributed by atoms with Gasteiger partial charge in [0.05, 0.1) is 5.69 Å². The molecule has 9 heteroatoms. The first kappa shape index (κ1) is 15.0. The molecule has 0 spiro atoms. The molecule has 1 aromatic carbocycles. The number of hydrogen-bond donors (Lipinski definition) is 1. The number of nitriles is 2. The van der Waals surface area contributed by atoms with Crippen molar-refractivity contribution < 1.29 is 17.9 Å². The zero-order valence-corrected chi connectivity index (χ0v) is 11.2. The van der Waals surface area contributed by atoms with Gasteiger partial charge >= 0.3 is 6.36 Å². The van der Waals surface area contributed by atoms with E-state index in [0.717, 1.165) is 6.07 Å². The number of nitrogens with one attached hydrogen (secondary N) is 1. The Labute approximate surface area is 119 Å². The number of hydrogen-bond acceptors (Lipinski definition) is 5. The van der Waals surface area contributed by atoms with Crippen LogP contribution in [0.2, 0.25) is 0 Å². The van der Waals surface area contributed by atoms with E-state index in [4.69, 9.17) is 10.5 Å². The Morgan fingerprint density at radius 2 is 1.95 bits per heavy atom.